The lowest BCUT2D eigenvalue weighted by Crippen LogP contribution is -1.92. The summed E-state index contributed by atoms with van der Waals surface area (Å²) in [5, 5.41) is 0. The Morgan fingerprint density at radius 3 is 2.21 bits per heavy atom. The SMILES string of the molecule is [C]#CCCCc1cc(C)c(C)c(C)c1. The molecule has 1 rings (SSSR count). The maximum absolute atomic E-state index is 6.84. The number of rotatable bonds is 3. The van der Waals surface area contributed by atoms with E-state index < -0.39 is 0 Å². The van der Waals surface area contributed by atoms with Crippen molar-refractivity contribution in [2.45, 2.75) is 40.0 Å². The van der Waals surface area contributed by atoms with Crippen molar-refractivity contribution in [3.05, 3.63) is 40.8 Å². The van der Waals surface area contributed by atoms with Gasteiger partial charge in [0.1, 0.15) is 0 Å². The average Bonchev–Trinajstić information content (AvgIpc) is 2.14. The Morgan fingerprint density at radius 1 is 1.14 bits per heavy atom. The number of unbranched alkanes of at least 4 members (excludes halogenated alkanes) is 1. The normalized spacial score (nSPS) is 9.86. The Hall–Kier alpha value is -1.22. The van der Waals surface area contributed by atoms with Gasteiger partial charge in [-0.25, -0.2) is 0 Å². The monoisotopic (exact) mass is 185 g/mol. The lowest BCUT2D eigenvalue weighted by atomic mass is 9.98. The van der Waals surface area contributed by atoms with E-state index in [1.54, 1.807) is 0 Å². The van der Waals surface area contributed by atoms with Crippen LogP contribution in [0.5, 0.6) is 0 Å². The van der Waals surface area contributed by atoms with E-state index in [1.807, 2.05) is 0 Å². The molecule has 1 aromatic rings. The van der Waals surface area contributed by atoms with Gasteiger partial charge in [-0.1, -0.05) is 18.1 Å². The summed E-state index contributed by atoms with van der Waals surface area (Å²) < 4.78 is 0. The first-order valence-electron chi connectivity index (χ1n) is 5.11. The topological polar surface area (TPSA) is 0 Å². The standard InChI is InChI=1S/C14H17/c1-5-6-7-8-14-9-11(2)13(4)12(3)10-14/h9-10H,6-8H2,2-4H3. The number of benzene rings is 1. The van der Waals surface area contributed by atoms with Gasteiger partial charge in [-0.15, -0.1) is 0 Å². The largest absolute Gasteiger partial charge is 0.0891 e. The maximum Gasteiger partial charge on any atom is 0.0102 e. The van der Waals surface area contributed by atoms with Crippen LogP contribution >= 0.6 is 0 Å². The lowest BCUT2D eigenvalue weighted by Gasteiger charge is -2.08. The molecule has 0 aliphatic rings. The molecule has 1 aromatic carbocycles. The smallest absolute Gasteiger partial charge is 0.0102 e. The van der Waals surface area contributed by atoms with E-state index in [9.17, 15) is 0 Å². The van der Waals surface area contributed by atoms with E-state index in [1.165, 1.54) is 22.3 Å². The summed E-state index contributed by atoms with van der Waals surface area (Å²) >= 11 is 0. The van der Waals surface area contributed by atoms with E-state index in [0.29, 0.717) is 0 Å². The zero-order chi connectivity index (χ0) is 10.6. The molecule has 1 radical (unpaired) electrons. The Bertz CT molecular complexity index is 330. The van der Waals surface area contributed by atoms with E-state index in [4.69, 9.17) is 6.42 Å². The van der Waals surface area contributed by atoms with Gasteiger partial charge in [0.2, 0.25) is 0 Å². The van der Waals surface area contributed by atoms with Gasteiger partial charge in [0.15, 0.2) is 0 Å². The fourth-order valence-corrected chi connectivity index (χ4v) is 1.65. The van der Waals surface area contributed by atoms with Crippen LogP contribution in [0.1, 0.15) is 35.1 Å². The molecule has 0 atom stereocenters. The predicted molar refractivity (Wildman–Crippen MR) is 60.7 cm³/mol. The highest BCUT2D eigenvalue weighted by Crippen LogP contribution is 2.16. The second-order valence-electron chi connectivity index (χ2n) is 3.88. The Kier molecular flexibility index (Phi) is 3.77. The van der Waals surface area contributed by atoms with Crippen molar-refractivity contribution in [2.75, 3.05) is 0 Å². The van der Waals surface area contributed by atoms with Crippen LogP contribution in [0.4, 0.5) is 0 Å². The van der Waals surface area contributed by atoms with Crippen LogP contribution in [0.25, 0.3) is 0 Å². The van der Waals surface area contributed by atoms with Crippen LogP contribution in [0, 0.1) is 33.1 Å². The first-order chi connectivity index (χ1) is 6.65. The third kappa shape index (κ3) is 2.64. The molecule has 0 heteroatoms. The van der Waals surface area contributed by atoms with Crippen LogP contribution in [0.2, 0.25) is 0 Å². The highest BCUT2D eigenvalue weighted by Gasteiger charge is 2.00. The molecule has 0 saturated heterocycles. The Balaban J connectivity index is 2.75. The summed E-state index contributed by atoms with van der Waals surface area (Å²) in [6.45, 7) is 6.49. The predicted octanol–water partition coefficient (Wildman–Crippen LogP) is 3.52. The fraction of sp³-hybridized carbons (Fsp3) is 0.429. The molecular formula is C14H17. The van der Waals surface area contributed by atoms with Gasteiger partial charge in [-0.05, 0) is 62.3 Å². The van der Waals surface area contributed by atoms with Crippen molar-refractivity contribution in [3.8, 4) is 5.92 Å². The van der Waals surface area contributed by atoms with Crippen LogP contribution in [0.3, 0.4) is 0 Å². The van der Waals surface area contributed by atoms with Crippen LogP contribution in [0.15, 0.2) is 12.1 Å². The van der Waals surface area contributed by atoms with Gasteiger partial charge in [-0.3, -0.25) is 0 Å². The third-order valence-corrected chi connectivity index (χ3v) is 2.75. The van der Waals surface area contributed by atoms with Gasteiger partial charge >= 0.3 is 0 Å². The number of hydrogen-bond donors (Lipinski definition) is 0. The summed E-state index contributed by atoms with van der Waals surface area (Å²) in [4.78, 5) is 0. The second-order valence-corrected chi connectivity index (χ2v) is 3.88. The highest BCUT2D eigenvalue weighted by atomic mass is 14.1. The summed E-state index contributed by atoms with van der Waals surface area (Å²) in [6.07, 6.45) is 9.70. The van der Waals surface area contributed by atoms with Crippen molar-refractivity contribution in [2.24, 2.45) is 0 Å². The van der Waals surface area contributed by atoms with E-state index in [2.05, 4.69) is 38.8 Å². The minimum Gasteiger partial charge on any atom is -0.0891 e. The first-order valence-corrected chi connectivity index (χ1v) is 5.11. The maximum atomic E-state index is 6.84. The Labute approximate surface area is 87.4 Å². The van der Waals surface area contributed by atoms with Crippen molar-refractivity contribution in [3.63, 3.8) is 0 Å². The Morgan fingerprint density at radius 2 is 1.71 bits per heavy atom. The van der Waals surface area contributed by atoms with Crippen LogP contribution in [-0.2, 0) is 6.42 Å². The molecule has 0 bridgehead atoms. The zero-order valence-electron chi connectivity index (χ0n) is 9.28. The van der Waals surface area contributed by atoms with Crippen molar-refractivity contribution in [1.29, 1.82) is 0 Å². The highest BCUT2D eigenvalue weighted by molar-refractivity contribution is 5.36. The van der Waals surface area contributed by atoms with E-state index in [-0.39, 0.29) is 0 Å². The molecule has 0 fully saturated rings. The second kappa shape index (κ2) is 4.86. The molecule has 0 saturated carbocycles. The molecular weight excluding hydrogens is 168 g/mol. The van der Waals surface area contributed by atoms with Gasteiger partial charge in [0, 0.05) is 6.42 Å². The van der Waals surface area contributed by atoms with Crippen LogP contribution in [-0.4, -0.2) is 0 Å². The molecule has 0 spiro atoms. The molecule has 0 aliphatic carbocycles. The lowest BCUT2D eigenvalue weighted by molar-refractivity contribution is 0.854. The van der Waals surface area contributed by atoms with Crippen molar-refractivity contribution >= 4 is 0 Å². The summed E-state index contributed by atoms with van der Waals surface area (Å²) in [5.41, 5.74) is 5.53. The van der Waals surface area contributed by atoms with Gasteiger partial charge < -0.3 is 0 Å². The summed E-state index contributed by atoms with van der Waals surface area (Å²) in [5.74, 6) is 2.43. The number of aryl methyl sites for hydroxylation is 3. The van der Waals surface area contributed by atoms with Crippen molar-refractivity contribution in [1.82, 2.24) is 0 Å². The third-order valence-electron chi connectivity index (χ3n) is 2.75. The molecule has 14 heavy (non-hydrogen) atoms. The van der Waals surface area contributed by atoms with Crippen LogP contribution < -0.4 is 0 Å². The fourth-order valence-electron chi connectivity index (χ4n) is 1.65. The van der Waals surface area contributed by atoms with Gasteiger partial charge in [-0.2, -0.15) is 0 Å². The molecule has 0 aliphatic heterocycles. The molecule has 0 aromatic heterocycles. The van der Waals surface area contributed by atoms with Crippen molar-refractivity contribution < 1.29 is 0 Å². The molecule has 0 nitrogen and oxygen atoms in total. The molecule has 73 valence electrons. The average molecular weight is 185 g/mol. The minimum atomic E-state index is 0.770. The molecule has 0 amide bonds. The van der Waals surface area contributed by atoms with E-state index in [0.717, 1.165) is 19.3 Å². The molecule has 0 unspecified atom stereocenters. The summed E-state index contributed by atoms with van der Waals surface area (Å²) in [7, 11) is 0. The van der Waals surface area contributed by atoms with Gasteiger partial charge in [0.25, 0.3) is 0 Å². The molecule has 0 heterocycles. The molecule has 0 N–H and O–H groups in total. The zero-order valence-corrected chi connectivity index (χ0v) is 9.28. The summed E-state index contributed by atoms with van der Waals surface area (Å²) in [6, 6.07) is 4.51. The first kappa shape index (κ1) is 10.9. The van der Waals surface area contributed by atoms with Gasteiger partial charge in [0.05, 0.1) is 0 Å². The quantitative estimate of drug-likeness (QED) is 0.499. The minimum absolute atomic E-state index is 0.770. The number of hydrogen-bond acceptors (Lipinski definition) is 0. The van der Waals surface area contributed by atoms with E-state index >= 15 is 0 Å².